The molecule has 0 bridgehead atoms. The van der Waals surface area contributed by atoms with Crippen LogP contribution in [0.5, 0.6) is 0 Å². The maximum atomic E-state index is 12.7. The summed E-state index contributed by atoms with van der Waals surface area (Å²) in [5, 5.41) is 1.92. The molecule has 0 amide bonds. The summed E-state index contributed by atoms with van der Waals surface area (Å²) in [4.78, 5) is 18.6. The van der Waals surface area contributed by atoms with Gasteiger partial charge in [0.25, 0.3) is 0 Å². The van der Waals surface area contributed by atoms with Crippen molar-refractivity contribution in [3.8, 4) is 0 Å². The normalized spacial score (nSPS) is 20.9. The van der Waals surface area contributed by atoms with E-state index >= 15 is 0 Å². The van der Waals surface area contributed by atoms with Gasteiger partial charge in [0.05, 0.1) is 16.6 Å². The fourth-order valence-electron chi connectivity index (χ4n) is 4.21. The summed E-state index contributed by atoms with van der Waals surface area (Å²) in [6.07, 6.45) is 6.75. The molecule has 0 aliphatic carbocycles. The SMILES string of the molecule is CCCC(CC)c1ccc(C(=O)ON2C(C)(C)CCCC2(C)C)cc1. The number of hydrogen-bond acceptors (Lipinski definition) is 3. The van der Waals surface area contributed by atoms with Gasteiger partial charge in [0.15, 0.2) is 0 Å². The van der Waals surface area contributed by atoms with Crippen molar-refractivity contribution in [2.75, 3.05) is 0 Å². The topological polar surface area (TPSA) is 29.5 Å². The summed E-state index contributed by atoms with van der Waals surface area (Å²) in [6.45, 7) is 13.1. The first kappa shape index (κ1) is 20.0. The number of benzene rings is 1. The third-order valence-electron chi connectivity index (χ3n) is 5.60. The number of carbonyl (C=O) groups is 1. The van der Waals surface area contributed by atoms with Gasteiger partial charge in [-0.3, -0.25) is 0 Å². The number of hydroxylamine groups is 2. The zero-order valence-corrected chi connectivity index (χ0v) is 16.9. The van der Waals surface area contributed by atoms with Crippen LogP contribution in [0.2, 0.25) is 0 Å². The van der Waals surface area contributed by atoms with E-state index in [1.54, 1.807) is 0 Å². The van der Waals surface area contributed by atoms with Gasteiger partial charge in [-0.1, -0.05) is 32.4 Å². The number of carbonyl (C=O) groups excluding carboxylic acids is 1. The van der Waals surface area contributed by atoms with Crippen molar-refractivity contribution in [1.82, 2.24) is 5.06 Å². The Morgan fingerprint density at radius 3 is 2.12 bits per heavy atom. The molecule has 1 saturated heterocycles. The minimum atomic E-state index is -0.252. The molecule has 1 aliphatic rings. The smallest absolute Gasteiger partial charge is 0.357 e. The maximum Gasteiger partial charge on any atom is 0.357 e. The molecule has 2 rings (SSSR count). The van der Waals surface area contributed by atoms with Gasteiger partial charge in [-0.2, -0.15) is 0 Å². The molecule has 1 atom stereocenters. The zero-order valence-electron chi connectivity index (χ0n) is 16.9. The minimum Gasteiger partial charge on any atom is -0.363 e. The van der Waals surface area contributed by atoms with Gasteiger partial charge < -0.3 is 4.84 Å². The molecular formula is C22H35NO2. The van der Waals surface area contributed by atoms with E-state index in [0.717, 1.165) is 19.3 Å². The molecule has 0 aromatic heterocycles. The molecule has 0 N–H and O–H groups in total. The van der Waals surface area contributed by atoms with E-state index in [1.165, 1.54) is 24.8 Å². The third kappa shape index (κ3) is 4.63. The minimum absolute atomic E-state index is 0.133. The lowest BCUT2D eigenvalue weighted by Gasteiger charge is -2.50. The molecule has 3 nitrogen and oxygen atoms in total. The number of piperidine rings is 1. The molecule has 1 heterocycles. The average Bonchev–Trinajstić information content (AvgIpc) is 2.55. The molecule has 25 heavy (non-hydrogen) atoms. The summed E-state index contributed by atoms with van der Waals surface area (Å²) < 4.78 is 0. The van der Waals surface area contributed by atoms with Crippen LogP contribution in [0.3, 0.4) is 0 Å². The summed E-state index contributed by atoms with van der Waals surface area (Å²) >= 11 is 0. The molecule has 1 aromatic rings. The maximum absolute atomic E-state index is 12.7. The molecule has 1 aromatic carbocycles. The van der Waals surface area contributed by atoms with E-state index in [0.29, 0.717) is 11.5 Å². The van der Waals surface area contributed by atoms with Gasteiger partial charge >= 0.3 is 5.97 Å². The van der Waals surface area contributed by atoms with Gasteiger partial charge in [0, 0.05) is 0 Å². The zero-order chi connectivity index (χ0) is 18.7. The molecule has 3 heteroatoms. The Morgan fingerprint density at radius 2 is 1.64 bits per heavy atom. The van der Waals surface area contributed by atoms with Crippen LogP contribution in [-0.2, 0) is 4.84 Å². The van der Waals surface area contributed by atoms with Crippen LogP contribution >= 0.6 is 0 Å². The Hall–Kier alpha value is -1.35. The lowest BCUT2D eigenvalue weighted by Crippen LogP contribution is -2.58. The first-order valence-corrected chi connectivity index (χ1v) is 9.84. The summed E-state index contributed by atoms with van der Waals surface area (Å²) in [5.41, 5.74) is 1.68. The Labute approximate surface area is 153 Å². The molecule has 0 spiro atoms. The molecule has 1 unspecified atom stereocenters. The van der Waals surface area contributed by atoms with Crippen LogP contribution in [0.15, 0.2) is 24.3 Å². The van der Waals surface area contributed by atoms with Gasteiger partial charge in [-0.25, -0.2) is 4.79 Å². The first-order valence-electron chi connectivity index (χ1n) is 9.84. The lowest BCUT2D eigenvalue weighted by atomic mass is 9.82. The van der Waals surface area contributed by atoms with Gasteiger partial charge in [0.2, 0.25) is 0 Å². The van der Waals surface area contributed by atoms with Crippen molar-refractivity contribution < 1.29 is 9.63 Å². The van der Waals surface area contributed by atoms with Crippen molar-refractivity contribution in [3.05, 3.63) is 35.4 Å². The van der Waals surface area contributed by atoms with E-state index in [-0.39, 0.29) is 17.0 Å². The molecule has 0 saturated carbocycles. The van der Waals surface area contributed by atoms with Crippen LogP contribution in [0.1, 0.15) is 102 Å². The lowest BCUT2D eigenvalue weighted by molar-refractivity contribution is -0.240. The highest BCUT2D eigenvalue weighted by atomic mass is 16.7. The van der Waals surface area contributed by atoms with E-state index in [2.05, 4.69) is 53.7 Å². The third-order valence-corrected chi connectivity index (χ3v) is 5.60. The van der Waals surface area contributed by atoms with Crippen molar-refractivity contribution in [1.29, 1.82) is 0 Å². The highest BCUT2D eigenvalue weighted by Gasteiger charge is 2.44. The van der Waals surface area contributed by atoms with E-state index in [9.17, 15) is 4.79 Å². The number of hydrogen-bond donors (Lipinski definition) is 0. The number of nitrogens with zero attached hydrogens (tertiary/aromatic N) is 1. The Kier molecular flexibility index (Phi) is 6.31. The fraction of sp³-hybridized carbons (Fsp3) is 0.682. The highest BCUT2D eigenvalue weighted by Crippen LogP contribution is 2.38. The Bertz CT molecular complexity index is 558. The molecule has 140 valence electrons. The van der Waals surface area contributed by atoms with Gasteiger partial charge in [-0.15, -0.1) is 5.06 Å². The second kappa shape index (κ2) is 7.90. The quantitative estimate of drug-likeness (QED) is 0.624. The molecule has 1 fully saturated rings. The summed E-state index contributed by atoms with van der Waals surface area (Å²) in [6, 6.07) is 8.01. The van der Waals surface area contributed by atoms with Crippen LogP contribution in [0.25, 0.3) is 0 Å². The van der Waals surface area contributed by atoms with Crippen LogP contribution in [-0.4, -0.2) is 22.1 Å². The van der Waals surface area contributed by atoms with E-state index < -0.39 is 0 Å². The van der Waals surface area contributed by atoms with Gasteiger partial charge in [0.1, 0.15) is 0 Å². The van der Waals surface area contributed by atoms with Gasteiger partial charge in [-0.05, 0) is 83.4 Å². The Balaban J connectivity index is 2.12. The van der Waals surface area contributed by atoms with Crippen LogP contribution in [0.4, 0.5) is 0 Å². The fourth-order valence-corrected chi connectivity index (χ4v) is 4.21. The summed E-state index contributed by atoms with van der Waals surface area (Å²) in [5.74, 6) is 0.327. The van der Waals surface area contributed by atoms with Crippen molar-refractivity contribution in [2.45, 2.75) is 97.1 Å². The highest BCUT2D eigenvalue weighted by molar-refractivity contribution is 5.89. The Morgan fingerprint density at radius 1 is 1.08 bits per heavy atom. The second-order valence-electron chi connectivity index (χ2n) is 8.67. The largest absolute Gasteiger partial charge is 0.363 e. The predicted molar refractivity (Wildman–Crippen MR) is 104 cm³/mol. The standard InChI is InChI=1S/C22H35NO2/c1-7-10-17(8-2)18-11-13-19(14-12-18)20(24)25-23-21(3,4)15-9-16-22(23,5)6/h11-14,17H,7-10,15-16H2,1-6H3. The molecule has 1 aliphatic heterocycles. The van der Waals surface area contributed by atoms with Crippen molar-refractivity contribution >= 4 is 5.97 Å². The van der Waals surface area contributed by atoms with E-state index in [4.69, 9.17) is 4.84 Å². The summed E-state index contributed by atoms with van der Waals surface area (Å²) in [7, 11) is 0. The van der Waals surface area contributed by atoms with Crippen molar-refractivity contribution in [3.63, 3.8) is 0 Å². The monoisotopic (exact) mass is 345 g/mol. The molecular weight excluding hydrogens is 310 g/mol. The second-order valence-corrected chi connectivity index (χ2v) is 8.67. The average molecular weight is 346 g/mol. The van der Waals surface area contributed by atoms with Crippen LogP contribution < -0.4 is 0 Å². The van der Waals surface area contributed by atoms with Crippen LogP contribution in [0, 0.1) is 0 Å². The predicted octanol–water partition coefficient (Wildman–Crippen LogP) is 6.10. The first-order chi connectivity index (χ1) is 11.7. The molecule has 0 radical (unpaired) electrons. The number of rotatable bonds is 6. The van der Waals surface area contributed by atoms with E-state index in [1.807, 2.05) is 17.2 Å². The van der Waals surface area contributed by atoms with Crippen molar-refractivity contribution in [2.24, 2.45) is 0 Å².